The Labute approximate surface area is 149 Å². The minimum atomic E-state index is -0.615. The number of fused-ring (bicyclic) bond motifs is 1. The molecular formula is C18H18N4O4. The van der Waals surface area contributed by atoms with E-state index in [-0.39, 0.29) is 42.2 Å². The molecule has 0 spiro atoms. The highest BCUT2D eigenvalue weighted by molar-refractivity contribution is 6.24. The summed E-state index contributed by atoms with van der Waals surface area (Å²) in [5.41, 5.74) is 2.72. The van der Waals surface area contributed by atoms with Crippen molar-refractivity contribution < 1.29 is 14.5 Å². The lowest BCUT2D eigenvalue weighted by Crippen LogP contribution is -2.22. The highest BCUT2D eigenvalue weighted by Gasteiger charge is 2.25. The summed E-state index contributed by atoms with van der Waals surface area (Å²) in [6, 6.07) is 8.26. The Morgan fingerprint density at radius 3 is 2.54 bits per heavy atom. The van der Waals surface area contributed by atoms with Gasteiger partial charge < -0.3 is 5.32 Å². The Bertz CT molecular complexity index is 856. The molecule has 1 aliphatic rings. The molecule has 134 valence electrons. The molecule has 0 saturated heterocycles. The zero-order chi connectivity index (χ0) is 18.7. The topological polar surface area (TPSA) is 115 Å². The number of nitro groups is 1. The van der Waals surface area contributed by atoms with E-state index >= 15 is 0 Å². The first-order valence-electron chi connectivity index (χ1n) is 8.31. The molecule has 0 radical (unpaired) electrons. The minimum Gasteiger partial charge on any atom is -0.351 e. The molecule has 8 nitrogen and oxygen atoms in total. The lowest BCUT2D eigenvalue weighted by Gasteiger charge is -2.13. The number of Topliss-reactive ketones (excluding diaryl/α,β-unsaturated/α-hetero) is 1. The normalized spacial score (nSPS) is 13.3. The number of rotatable bonds is 7. The van der Waals surface area contributed by atoms with Crippen molar-refractivity contribution in [2.24, 2.45) is 0 Å². The monoisotopic (exact) mass is 354 g/mol. The SMILES string of the molecule is Cc1nc(NC2Cc3ccccc3C2)nc(CCC(=O)C=O)c1[N+](=O)[O-]. The van der Waals surface area contributed by atoms with E-state index in [0.717, 1.165) is 12.8 Å². The molecule has 1 aromatic heterocycles. The Kier molecular flexibility index (Phi) is 5.01. The first-order chi connectivity index (χ1) is 12.5. The van der Waals surface area contributed by atoms with E-state index in [0.29, 0.717) is 5.95 Å². The Morgan fingerprint density at radius 1 is 1.31 bits per heavy atom. The Balaban J connectivity index is 1.82. The third kappa shape index (κ3) is 3.74. The van der Waals surface area contributed by atoms with Crippen molar-refractivity contribution in [3.8, 4) is 0 Å². The predicted octanol–water partition coefficient (Wildman–Crippen LogP) is 1.97. The molecule has 8 heteroatoms. The van der Waals surface area contributed by atoms with E-state index in [1.54, 1.807) is 6.92 Å². The first kappa shape index (κ1) is 17.7. The maximum atomic E-state index is 11.3. The van der Waals surface area contributed by atoms with Crippen LogP contribution < -0.4 is 5.32 Å². The van der Waals surface area contributed by atoms with Crippen molar-refractivity contribution in [2.75, 3.05) is 5.32 Å². The highest BCUT2D eigenvalue weighted by atomic mass is 16.6. The largest absolute Gasteiger partial charge is 0.351 e. The van der Waals surface area contributed by atoms with Gasteiger partial charge in [0.1, 0.15) is 11.4 Å². The molecule has 0 unspecified atom stereocenters. The third-order valence-corrected chi connectivity index (χ3v) is 4.44. The van der Waals surface area contributed by atoms with Crippen LogP contribution in [0, 0.1) is 17.0 Å². The molecule has 0 amide bonds. The van der Waals surface area contributed by atoms with Crippen LogP contribution >= 0.6 is 0 Å². The molecule has 1 N–H and O–H groups in total. The van der Waals surface area contributed by atoms with Gasteiger partial charge in [-0.15, -0.1) is 0 Å². The standard InChI is InChI=1S/C18H18N4O4/c1-11-17(22(25)26)16(7-6-15(24)10-23)21-18(19-11)20-14-8-12-4-2-3-5-13(12)9-14/h2-5,10,14H,6-9H2,1H3,(H,19,20,21). The number of benzene rings is 1. The van der Waals surface area contributed by atoms with Crippen molar-refractivity contribution >= 4 is 23.7 Å². The molecule has 0 saturated carbocycles. The third-order valence-electron chi connectivity index (χ3n) is 4.44. The van der Waals surface area contributed by atoms with Gasteiger partial charge in [0.15, 0.2) is 12.1 Å². The van der Waals surface area contributed by atoms with Crippen molar-refractivity contribution in [3.63, 3.8) is 0 Å². The van der Waals surface area contributed by atoms with Crippen LogP contribution in [0.5, 0.6) is 0 Å². The van der Waals surface area contributed by atoms with Crippen molar-refractivity contribution in [1.82, 2.24) is 9.97 Å². The molecule has 0 aliphatic heterocycles. The molecule has 3 rings (SSSR count). The minimum absolute atomic E-state index is 0.0246. The fourth-order valence-electron chi connectivity index (χ4n) is 3.25. The van der Waals surface area contributed by atoms with Gasteiger partial charge in [-0.05, 0) is 30.9 Å². The van der Waals surface area contributed by atoms with Gasteiger partial charge in [-0.1, -0.05) is 24.3 Å². The second-order valence-corrected chi connectivity index (χ2v) is 6.29. The van der Waals surface area contributed by atoms with E-state index in [4.69, 9.17) is 0 Å². The number of nitrogens with zero attached hydrogens (tertiary/aromatic N) is 3. The number of hydrogen-bond donors (Lipinski definition) is 1. The van der Waals surface area contributed by atoms with E-state index in [1.165, 1.54) is 11.1 Å². The number of ketones is 1. The maximum absolute atomic E-state index is 11.3. The van der Waals surface area contributed by atoms with Gasteiger partial charge in [0.05, 0.1) is 4.92 Å². The molecular weight excluding hydrogens is 336 g/mol. The Hall–Kier alpha value is -3.16. The molecule has 0 fully saturated rings. The van der Waals surface area contributed by atoms with Gasteiger partial charge in [-0.25, -0.2) is 9.97 Å². The summed E-state index contributed by atoms with van der Waals surface area (Å²) in [6.07, 6.45) is 1.78. The fraction of sp³-hybridized carbons (Fsp3) is 0.333. The summed E-state index contributed by atoms with van der Waals surface area (Å²) in [5.74, 6) is -0.309. The van der Waals surface area contributed by atoms with Crippen LogP contribution in [0.1, 0.15) is 28.9 Å². The number of carbonyl (C=O) groups is 2. The Morgan fingerprint density at radius 2 is 1.96 bits per heavy atom. The summed E-state index contributed by atoms with van der Waals surface area (Å²) in [6.45, 7) is 1.54. The van der Waals surface area contributed by atoms with Gasteiger partial charge >= 0.3 is 5.69 Å². The lowest BCUT2D eigenvalue weighted by atomic mass is 10.1. The number of aromatic nitrogens is 2. The summed E-state index contributed by atoms with van der Waals surface area (Å²) in [4.78, 5) is 41.0. The van der Waals surface area contributed by atoms with E-state index in [2.05, 4.69) is 27.4 Å². The van der Waals surface area contributed by atoms with Crippen LogP contribution in [0.25, 0.3) is 0 Å². The molecule has 0 atom stereocenters. The quantitative estimate of drug-likeness (QED) is 0.350. The fourth-order valence-corrected chi connectivity index (χ4v) is 3.25. The van der Waals surface area contributed by atoms with Crippen LogP contribution in [0.4, 0.5) is 11.6 Å². The predicted molar refractivity (Wildman–Crippen MR) is 94.1 cm³/mol. The van der Waals surface area contributed by atoms with Gasteiger partial charge in [0.25, 0.3) is 0 Å². The summed E-state index contributed by atoms with van der Waals surface area (Å²) >= 11 is 0. The molecule has 1 heterocycles. The van der Waals surface area contributed by atoms with E-state index in [1.807, 2.05) is 12.1 Å². The number of hydrogen-bond acceptors (Lipinski definition) is 7. The maximum Gasteiger partial charge on any atom is 0.311 e. The average Bonchev–Trinajstić information content (AvgIpc) is 3.00. The van der Waals surface area contributed by atoms with E-state index in [9.17, 15) is 19.7 Å². The first-order valence-corrected chi connectivity index (χ1v) is 8.31. The van der Waals surface area contributed by atoms with Crippen LogP contribution in [0.3, 0.4) is 0 Å². The van der Waals surface area contributed by atoms with E-state index < -0.39 is 10.7 Å². The van der Waals surface area contributed by atoms with Crippen LogP contribution in [-0.4, -0.2) is 33.0 Å². The van der Waals surface area contributed by atoms with Gasteiger partial charge in [0, 0.05) is 18.9 Å². The zero-order valence-electron chi connectivity index (χ0n) is 14.3. The van der Waals surface area contributed by atoms with Crippen molar-refractivity contribution in [2.45, 2.75) is 38.6 Å². The van der Waals surface area contributed by atoms with Gasteiger partial charge in [0.2, 0.25) is 5.95 Å². The smallest absolute Gasteiger partial charge is 0.311 e. The average molecular weight is 354 g/mol. The highest BCUT2D eigenvalue weighted by Crippen LogP contribution is 2.26. The van der Waals surface area contributed by atoms with Crippen LogP contribution in [-0.2, 0) is 28.9 Å². The summed E-state index contributed by atoms with van der Waals surface area (Å²) < 4.78 is 0. The zero-order valence-corrected chi connectivity index (χ0v) is 14.3. The van der Waals surface area contributed by atoms with Gasteiger partial charge in [-0.2, -0.15) is 0 Å². The van der Waals surface area contributed by atoms with Crippen molar-refractivity contribution in [1.29, 1.82) is 0 Å². The molecule has 0 bridgehead atoms. The molecule has 2 aromatic rings. The number of nitrogens with one attached hydrogen (secondary N) is 1. The van der Waals surface area contributed by atoms with Crippen LogP contribution in [0.15, 0.2) is 24.3 Å². The second-order valence-electron chi connectivity index (χ2n) is 6.29. The number of aldehydes is 1. The molecule has 1 aliphatic carbocycles. The van der Waals surface area contributed by atoms with Gasteiger partial charge in [-0.3, -0.25) is 19.7 Å². The van der Waals surface area contributed by atoms with Crippen molar-refractivity contribution in [3.05, 3.63) is 56.9 Å². The lowest BCUT2D eigenvalue weighted by molar-refractivity contribution is -0.386. The number of carbonyl (C=O) groups excluding carboxylic acids is 2. The number of anilines is 1. The molecule has 26 heavy (non-hydrogen) atoms. The summed E-state index contributed by atoms with van der Waals surface area (Å²) in [5, 5.41) is 14.5. The number of aryl methyl sites for hydroxylation is 2. The summed E-state index contributed by atoms with van der Waals surface area (Å²) in [7, 11) is 0. The van der Waals surface area contributed by atoms with Crippen LogP contribution in [0.2, 0.25) is 0 Å². The molecule has 1 aromatic carbocycles. The second kappa shape index (κ2) is 7.38.